The van der Waals surface area contributed by atoms with Gasteiger partial charge in [-0.2, -0.15) is 0 Å². The van der Waals surface area contributed by atoms with Crippen LogP contribution in [0.15, 0.2) is 6.33 Å². The Morgan fingerprint density at radius 2 is 2.46 bits per heavy atom. The van der Waals surface area contributed by atoms with Gasteiger partial charge in [-0.3, -0.25) is 4.21 Å². The topological polar surface area (TPSA) is 47.8 Å². The molecular formula is C7H12ClN3OS. The third-order valence-corrected chi connectivity index (χ3v) is 2.91. The second kappa shape index (κ2) is 4.72. The van der Waals surface area contributed by atoms with Gasteiger partial charge < -0.3 is 4.57 Å². The van der Waals surface area contributed by atoms with Crippen LogP contribution >= 0.6 is 11.6 Å². The van der Waals surface area contributed by atoms with Crippen LogP contribution in [0.25, 0.3) is 0 Å². The predicted molar refractivity (Wildman–Crippen MR) is 53.2 cm³/mol. The van der Waals surface area contributed by atoms with Crippen molar-refractivity contribution >= 4 is 22.4 Å². The fourth-order valence-corrected chi connectivity index (χ4v) is 2.18. The fourth-order valence-electron chi connectivity index (χ4n) is 1.15. The zero-order chi connectivity index (χ0) is 9.84. The van der Waals surface area contributed by atoms with E-state index in [0.717, 1.165) is 5.82 Å². The first-order valence-electron chi connectivity index (χ1n) is 3.89. The Hall–Kier alpha value is -0.420. The van der Waals surface area contributed by atoms with E-state index in [1.54, 1.807) is 12.6 Å². The maximum Gasteiger partial charge on any atom is 0.148 e. The van der Waals surface area contributed by atoms with Crippen LogP contribution in [-0.4, -0.2) is 31.0 Å². The van der Waals surface area contributed by atoms with Crippen LogP contribution in [-0.2, 0) is 16.7 Å². The van der Waals surface area contributed by atoms with Gasteiger partial charge in [0.15, 0.2) is 0 Å². The van der Waals surface area contributed by atoms with E-state index in [1.165, 1.54) is 0 Å². The molecule has 0 saturated carbocycles. The molecule has 0 aliphatic heterocycles. The first-order valence-corrected chi connectivity index (χ1v) is 6.15. The van der Waals surface area contributed by atoms with Gasteiger partial charge in [0.25, 0.3) is 0 Å². The molecule has 4 nitrogen and oxygen atoms in total. The molecule has 0 N–H and O–H groups in total. The molecule has 0 bridgehead atoms. The predicted octanol–water partition coefficient (Wildman–Crippen LogP) is 0.956. The van der Waals surface area contributed by atoms with Gasteiger partial charge in [0.2, 0.25) is 0 Å². The molecule has 0 radical (unpaired) electrons. The SMILES string of the molecule is CC(CS(C)=O)n1cnnc1CCl. The fraction of sp³-hybridized carbons (Fsp3) is 0.714. The Morgan fingerprint density at radius 3 is 3.00 bits per heavy atom. The van der Waals surface area contributed by atoms with Gasteiger partial charge in [-0.15, -0.1) is 21.8 Å². The highest BCUT2D eigenvalue weighted by Crippen LogP contribution is 2.10. The lowest BCUT2D eigenvalue weighted by molar-refractivity contribution is 0.578. The average molecular weight is 222 g/mol. The molecule has 74 valence electrons. The molecule has 1 aromatic rings. The number of alkyl halides is 1. The zero-order valence-electron chi connectivity index (χ0n) is 7.61. The lowest BCUT2D eigenvalue weighted by Crippen LogP contribution is -2.14. The lowest BCUT2D eigenvalue weighted by Gasteiger charge is -2.12. The summed E-state index contributed by atoms with van der Waals surface area (Å²) >= 11 is 5.65. The van der Waals surface area contributed by atoms with Gasteiger partial charge >= 0.3 is 0 Å². The van der Waals surface area contributed by atoms with E-state index in [0.29, 0.717) is 11.6 Å². The Labute approximate surface area is 84.8 Å². The normalized spacial score (nSPS) is 15.6. The molecule has 0 saturated heterocycles. The van der Waals surface area contributed by atoms with Crippen LogP contribution in [0.4, 0.5) is 0 Å². The van der Waals surface area contributed by atoms with E-state index < -0.39 is 10.8 Å². The Kier molecular flexibility index (Phi) is 3.87. The molecule has 2 atom stereocenters. The minimum atomic E-state index is -0.810. The van der Waals surface area contributed by atoms with Crippen LogP contribution in [0.1, 0.15) is 18.8 Å². The number of hydrogen-bond acceptors (Lipinski definition) is 3. The minimum absolute atomic E-state index is 0.134. The van der Waals surface area contributed by atoms with Crippen LogP contribution in [0.5, 0.6) is 0 Å². The van der Waals surface area contributed by atoms with Crippen molar-refractivity contribution in [1.29, 1.82) is 0 Å². The Bertz CT molecular complexity index is 302. The maximum absolute atomic E-state index is 11.0. The molecule has 0 fully saturated rings. The van der Waals surface area contributed by atoms with Crippen molar-refractivity contribution in [2.75, 3.05) is 12.0 Å². The number of halogens is 1. The lowest BCUT2D eigenvalue weighted by atomic mass is 10.4. The van der Waals surface area contributed by atoms with E-state index in [9.17, 15) is 4.21 Å². The molecule has 2 unspecified atom stereocenters. The molecule has 1 rings (SSSR count). The third kappa shape index (κ3) is 2.77. The van der Waals surface area contributed by atoms with Crippen molar-refractivity contribution in [3.8, 4) is 0 Å². The zero-order valence-corrected chi connectivity index (χ0v) is 9.18. The molecule has 1 heterocycles. The Morgan fingerprint density at radius 1 is 1.77 bits per heavy atom. The van der Waals surface area contributed by atoms with Crippen molar-refractivity contribution < 1.29 is 4.21 Å². The van der Waals surface area contributed by atoms with E-state index in [2.05, 4.69) is 10.2 Å². The van der Waals surface area contributed by atoms with Crippen LogP contribution in [0.2, 0.25) is 0 Å². The smallest absolute Gasteiger partial charge is 0.148 e. The molecule has 0 amide bonds. The highest BCUT2D eigenvalue weighted by molar-refractivity contribution is 7.84. The molecular weight excluding hydrogens is 210 g/mol. The monoisotopic (exact) mass is 221 g/mol. The second-order valence-corrected chi connectivity index (χ2v) is 4.62. The molecule has 0 aliphatic rings. The second-order valence-electron chi connectivity index (χ2n) is 2.88. The van der Waals surface area contributed by atoms with Crippen molar-refractivity contribution in [3.05, 3.63) is 12.2 Å². The summed E-state index contributed by atoms with van der Waals surface area (Å²) in [6.07, 6.45) is 3.30. The van der Waals surface area contributed by atoms with Crippen LogP contribution < -0.4 is 0 Å². The summed E-state index contributed by atoms with van der Waals surface area (Å²) in [5.74, 6) is 1.66. The largest absolute Gasteiger partial charge is 0.313 e. The Balaban J connectivity index is 2.75. The van der Waals surface area contributed by atoms with Crippen molar-refractivity contribution in [3.63, 3.8) is 0 Å². The standard InChI is InChI=1S/C7H12ClN3OS/c1-6(4-13(2)12)11-5-9-10-7(11)3-8/h5-6H,3-4H2,1-2H3. The first-order chi connectivity index (χ1) is 6.15. The van der Waals surface area contributed by atoms with Gasteiger partial charge in [0.05, 0.1) is 5.88 Å². The number of hydrogen-bond donors (Lipinski definition) is 0. The van der Waals surface area contributed by atoms with Crippen molar-refractivity contribution in [1.82, 2.24) is 14.8 Å². The summed E-state index contributed by atoms with van der Waals surface area (Å²) in [6.45, 7) is 1.97. The summed E-state index contributed by atoms with van der Waals surface area (Å²) < 4.78 is 12.8. The minimum Gasteiger partial charge on any atom is -0.313 e. The van der Waals surface area contributed by atoms with Crippen molar-refractivity contribution in [2.45, 2.75) is 18.8 Å². The number of rotatable bonds is 4. The quantitative estimate of drug-likeness (QED) is 0.712. The third-order valence-electron chi connectivity index (χ3n) is 1.72. The van der Waals surface area contributed by atoms with Crippen molar-refractivity contribution in [2.24, 2.45) is 0 Å². The summed E-state index contributed by atoms with van der Waals surface area (Å²) in [7, 11) is -0.810. The van der Waals surface area contributed by atoms with Gasteiger partial charge in [-0.25, -0.2) is 0 Å². The highest BCUT2D eigenvalue weighted by Gasteiger charge is 2.11. The van der Waals surface area contributed by atoms with E-state index in [-0.39, 0.29) is 6.04 Å². The van der Waals surface area contributed by atoms with E-state index in [1.807, 2.05) is 11.5 Å². The summed E-state index contributed by atoms with van der Waals surface area (Å²) in [6, 6.07) is 0.134. The maximum atomic E-state index is 11.0. The molecule has 6 heteroatoms. The van der Waals surface area contributed by atoms with Gasteiger partial charge in [-0.1, -0.05) is 0 Å². The van der Waals surface area contributed by atoms with E-state index in [4.69, 9.17) is 11.6 Å². The summed E-state index contributed by atoms with van der Waals surface area (Å²) in [4.78, 5) is 0. The first kappa shape index (κ1) is 10.7. The van der Waals surface area contributed by atoms with Crippen LogP contribution in [0.3, 0.4) is 0 Å². The van der Waals surface area contributed by atoms with Gasteiger partial charge in [-0.05, 0) is 6.92 Å². The van der Waals surface area contributed by atoms with Gasteiger partial charge in [0, 0.05) is 28.9 Å². The van der Waals surface area contributed by atoms with Gasteiger partial charge in [0.1, 0.15) is 12.2 Å². The molecule has 1 aromatic heterocycles. The highest BCUT2D eigenvalue weighted by atomic mass is 35.5. The summed E-state index contributed by atoms with van der Waals surface area (Å²) in [5.41, 5.74) is 0. The average Bonchev–Trinajstić information content (AvgIpc) is 2.49. The molecule has 0 aromatic carbocycles. The van der Waals surface area contributed by atoms with E-state index >= 15 is 0 Å². The summed E-state index contributed by atoms with van der Waals surface area (Å²) in [5, 5.41) is 7.60. The van der Waals surface area contributed by atoms with Crippen LogP contribution in [0, 0.1) is 0 Å². The number of aromatic nitrogens is 3. The molecule has 0 aliphatic carbocycles. The molecule has 13 heavy (non-hydrogen) atoms. The molecule has 0 spiro atoms. The number of nitrogens with zero attached hydrogens (tertiary/aromatic N) is 3.